The summed E-state index contributed by atoms with van der Waals surface area (Å²) in [6.07, 6.45) is 6.01. The van der Waals surface area contributed by atoms with Crippen molar-refractivity contribution in [1.29, 1.82) is 0 Å². The van der Waals surface area contributed by atoms with E-state index in [1.807, 2.05) is 12.3 Å². The number of hydrogen-bond acceptors (Lipinski definition) is 5. The molecule has 2 aromatic heterocycles. The first-order valence-corrected chi connectivity index (χ1v) is 7.79. The standard InChI is InChI=1S/C15H19N5O2/c21-11-3-7-19(10-11)15(22)12-9-16-20-8-4-13(17-14(12)20)18-5-1-2-6-18/h4,8-9,11,21H,1-3,5-7,10H2. The minimum absolute atomic E-state index is 0.0994. The predicted molar refractivity (Wildman–Crippen MR) is 81.0 cm³/mol. The van der Waals surface area contributed by atoms with Crippen LogP contribution >= 0.6 is 0 Å². The Morgan fingerprint density at radius 1 is 1.27 bits per heavy atom. The molecule has 1 amide bonds. The Morgan fingerprint density at radius 3 is 2.82 bits per heavy atom. The van der Waals surface area contributed by atoms with Crippen LogP contribution in [0, 0.1) is 0 Å². The van der Waals surface area contributed by atoms with Gasteiger partial charge in [-0.15, -0.1) is 0 Å². The Hall–Kier alpha value is -2.15. The largest absolute Gasteiger partial charge is 0.391 e. The number of β-amino-alcohol motifs (C(OH)–C–C–N with tert-alkyl or cyclic N) is 1. The van der Waals surface area contributed by atoms with E-state index in [0.717, 1.165) is 18.9 Å². The average Bonchev–Trinajstić information content (AvgIpc) is 3.26. The van der Waals surface area contributed by atoms with Crippen LogP contribution in [0.2, 0.25) is 0 Å². The molecule has 0 radical (unpaired) electrons. The number of anilines is 1. The van der Waals surface area contributed by atoms with E-state index in [1.165, 1.54) is 12.8 Å². The average molecular weight is 301 g/mol. The second kappa shape index (κ2) is 5.24. The summed E-state index contributed by atoms with van der Waals surface area (Å²) in [5.41, 5.74) is 1.10. The van der Waals surface area contributed by atoms with Gasteiger partial charge in [0.05, 0.1) is 12.3 Å². The molecule has 2 saturated heterocycles. The maximum atomic E-state index is 12.6. The zero-order chi connectivity index (χ0) is 15.1. The topological polar surface area (TPSA) is 74.0 Å². The molecule has 1 N–H and O–H groups in total. The molecule has 4 rings (SSSR count). The summed E-state index contributed by atoms with van der Waals surface area (Å²) < 4.78 is 1.64. The summed E-state index contributed by atoms with van der Waals surface area (Å²) in [5, 5.41) is 13.8. The van der Waals surface area contributed by atoms with Crippen molar-refractivity contribution < 1.29 is 9.90 Å². The zero-order valence-corrected chi connectivity index (χ0v) is 12.4. The van der Waals surface area contributed by atoms with Gasteiger partial charge in [0.25, 0.3) is 5.91 Å². The molecule has 4 heterocycles. The predicted octanol–water partition coefficient (Wildman–Crippen LogP) is 0.536. The van der Waals surface area contributed by atoms with Gasteiger partial charge in [0.2, 0.25) is 0 Å². The molecule has 2 fully saturated rings. The second-order valence-corrected chi connectivity index (χ2v) is 6.00. The molecule has 1 atom stereocenters. The maximum absolute atomic E-state index is 12.6. The smallest absolute Gasteiger partial charge is 0.259 e. The van der Waals surface area contributed by atoms with Gasteiger partial charge in [-0.25, -0.2) is 9.50 Å². The second-order valence-electron chi connectivity index (χ2n) is 6.00. The van der Waals surface area contributed by atoms with Crippen LogP contribution in [0.25, 0.3) is 5.65 Å². The molecule has 1 unspecified atom stereocenters. The van der Waals surface area contributed by atoms with Crippen molar-refractivity contribution in [3.63, 3.8) is 0 Å². The lowest BCUT2D eigenvalue weighted by atomic mass is 10.3. The number of amides is 1. The fourth-order valence-electron chi connectivity index (χ4n) is 3.23. The van der Waals surface area contributed by atoms with Crippen LogP contribution in [0.5, 0.6) is 0 Å². The fourth-order valence-corrected chi connectivity index (χ4v) is 3.23. The van der Waals surface area contributed by atoms with Crippen LogP contribution in [0.1, 0.15) is 29.6 Å². The molecular weight excluding hydrogens is 282 g/mol. The van der Waals surface area contributed by atoms with Gasteiger partial charge in [-0.3, -0.25) is 4.79 Å². The highest BCUT2D eigenvalue weighted by molar-refractivity contribution is 5.99. The number of carbonyl (C=O) groups is 1. The number of nitrogens with zero attached hydrogens (tertiary/aromatic N) is 5. The van der Waals surface area contributed by atoms with Crippen molar-refractivity contribution >= 4 is 17.4 Å². The number of likely N-dealkylation sites (tertiary alicyclic amines) is 1. The third-order valence-electron chi connectivity index (χ3n) is 4.47. The van der Waals surface area contributed by atoms with Crippen LogP contribution in [0.4, 0.5) is 5.82 Å². The molecule has 2 aliphatic heterocycles. The van der Waals surface area contributed by atoms with Crippen molar-refractivity contribution in [3.05, 3.63) is 24.0 Å². The van der Waals surface area contributed by atoms with Gasteiger partial charge >= 0.3 is 0 Å². The molecular formula is C15H19N5O2. The van der Waals surface area contributed by atoms with Gasteiger partial charge in [0.15, 0.2) is 5.65 Å². The molecule has 0 bridgehead atoms. The van der Waals surface area contributed by atoms with Gasteiger partial charge in [0, 0.05) is 32.4 Å². The lowest BCUT2D eigenvalue weighted by Gasteiger charge is -2.17. The van der Waals surface area contributed by atoms with Gasteiger partial charge in [-0.2, -0.15) is 5.10 Å². The van der Waals surface area contributed by atoms with Gasteiger partial charge in [0.1, 0.15) is 11.4 Å². The SMILES string of the molecule is O=C(c1cnn2ccc(N3CCCC3)nc12)N1CCC(O)C1. The molecule has 22 heavy (non-hydrogen) atoms. The third kappa shape index (κ3) is 2.21. The summed E-state index contributed by atoms with van der Waals surface area (Å²) in [4.78, 5) is 21.2. The number of carbonyl (C=O) groups excluding carboxylic acids is 1. The van der Waals surface area contributed by atoms with E-state index < -0.39 is 6.10 Å². The zero-order valence-electron chi connectivity index (χ0n) is 12.4. The molecule has 7 heteroatoms. The lowest BCUT2D eigenvalue weighted by molar-refractivity contribution is 0.0766. The summed E-state index contributed by atoms with van der Waals surface area (Å²) in [5.74, 6) is 0.804. The van der Waals surface area contributed by atoms with Crippen molar-refractivity contribution in [1.82, 2.24) is 19.5 Å². The molecule has 0 spiro atoms. The first-order chi connectivity index (χ1) is 10.7. The van der Waals surface area contributed by atoms with Crippen LogP contribution in [0.3, 0.4) is 0 Å². The quantitative estimate of drug-likeness (QED) is 0.876. The highest BCUT2D eigenvalue weighted by atomic mass is 16.3. The van der Waals surface area contributed by atoms with E-state index in [-0.39, 0.29) is 5.91 Å². The highest BCUT2D eigenvalue weighted by Crippen LogP contribution is 2.21. The van der Waals surface area contributed by atoms with Gasteiger partial charge in [-0.1, -0.05) is 0 Å². The van der Waals surface area contributed by atoms with E-state index >= 15 is 0 Å². The Balaban J connectivity index is 1.68. The summed E-state index contributed by atoms with van der Waals surface area (Å²) in [6.45, 7) is 3.00. The Morgan fingerprint density at radius 2 is 2.09 bits per heavy atom. The van der Waals surface area contributed by atoms with Crippen LogP contribution in [0.15, 0.2) is 18.5 Å². The fraction of sp³-hybridized carbons (Fsp3) is 0.533. The first-order valence-electron chi connectivity index (χ1n) is 7.79. The Labute approximate surface area is 128 Å². The van der Waals surface area contributed by atoms with Crippen LogP contribution in [-0.4, -0.2) is 62.8 Å². The van der Waals surface area contributed by atoms with E-state index in [1.54, 1.807) is 15.6 Å². The van der Waals surface area contributed by atoms with Crippen LogP contribution < -0.4 is 4.90 Å². The van der Waals surface area contributed by atoms with Crippen molar-refractivity contribution in [3.8, 4) is 0 Å². The van der Waals surface area contributed by atoms with Crippen molar-refractivity contribution in [2.45, 2.75) is 25.4 Å². The Bertz CT molecular complexity index is 707. The maximum Gasteiger partial charge on any atom is 0.259 e. The van der Waals surface area contributed by atoms with Crippen LogP contribution in [-0.2, 0) is 0 Å². The Kier molecular flexibility index (Phi) is 3.22. The number of aliphatic hydroxyl groups is 1. The molecule has 2 aromatic rings. The summed E-state index contributed by atoms with van der Waals surface area (Å²) in [7, 11) is 0. The van der Waals surface area contributed by atoms with E-state index in [0.29, 0.717) is 30.7 Å². The number of fused-ring (bicyclic) bond motifs is 1. The minimum Gasteiger partial charge on any atom is -0.391 e. The van der Waals surface area contributed by atoms with Crippen molar-refractivity contribution in [2.24, 2.45) is 0 Å². The summed E-state index contributed by atoms with van der Waals surface area (Å²) in [6, 6.07) is 1.94. The summed E-state index contributed by atoms with van der Waals surface area (Å²) >= 11 is 0. The van der Waals surface area contributed by atoms with Gasteiger partial charge < -0.3 is 14.9 Å². The normalized spacial score (nSPS) is 22.0. The number of aromatic nitrogens is 3. The van der Waals surface area contributed by atoms with E-state index in [9.17, 15) is 9.90 Å². The minimum atomic E-state index is -0.418. The number of aliphatic hydroxyl groups excluding tert-OH is 1. The van der Waals surface area contributed by atoms with E-state index in [2.05, 4.69) is 15.0 Å². The van der Waals surface area contributed by atoms with Crippen molar-refractivity contribution in [2.75, 3.05) is 31.1 Å². The molecule has 7 nitrogen and oxygen atoms in total. The first kappa shape index (κ1) is 13.5. The highest BCUT2D eigenvalue weighted by Gasteiger charge is 2.28. The van der Waals surface area contributed by atoms with Gasteiger partial charge in [-0.05, 0) is 25.3 Å². The third-order valence-corrected chi connectivity index (χ3v) is 4.47. The molecule has 2 aliphatic rings. The molecule has 0 aliphatic carbocycles. The van der Waals surface area contributed by atoms with E-state index in [4.69, 9.17) is 0 Å². The molecule has 0 aromatic carbocycles. The molecule has 0 saturated carbocycles. The monoisotopic (exact) mass is 301 g/mol. The number of hydrogen-bond donors (Lipinski definition) is 1. The number of rotatable bonds is 2. The lowest BCUT2D eigenvalue weighted by Crippen LogP contribution is -2.29. The molecule has 116 valence electrons.